The normalized spacial score (nSPS) is 21.4. The molecular formula is C15H20N4O2. The summed E-state index contributed by atoms with van der Waals surface area (Å²) in [6.45, 7) is 1.82. The molecule has 1 fully saturated rings. The van der Waals surface area contributed by atoms with Crippen LogP contribution in [0.25, 0.3) is 0 Å². The first-order valence-corrected chi connectivity index (χ1v) is 7.29. The van der Waals surface area contributed by atoms with Crippen LogP contribution in [-0.4, -0.2) is 28.3 Å². The smallest absolute Gasteiger partial charge is 0.216 e. The van der Waals surface area contributed by atoms with E-state index in [1.54, 1.807) is 13.3 Å². The minimum absolute atomic E-state index is 0.419. The van der Waals surface area contributed by atoms with Crippen molar-refractivity contribution < 1.29 is 9.15 Å². The number of rotatable bonds is 5. The first-order valence-electron chi connectivity index (χ1n) is 7.29. The Morgan fingerprint density at radius 2 is 2.29 bits per heavy atom. The molecule has 0 saturated heterocycles. The van der Waals surface area contributed by atoms with Gasteiger partial charge in [0.2, 0.25) is 11.8 Å². The minimum Gasteiger partial charge on any atom is -0.493 e. The summed E-state index contributed by atoms with van der Waals surface area (Å²) in [6.07, 6.45) is 6.00. The van der Waals surface area contributed by atoms with Gasteiger partial charge < -0.3 is 14.5 Å². The molecule has 0 aliphatic heterocycles. The summed E-state index contributed by atoms with van der Waals surface area (Å²) < 4.78 is 10.8. The van der Waals surface area contributed by atoms with Gasteiger partial charge in [0.15, 0.2) is 11.6 Å². The van der Waals surface area contributed by atoms with Crippen LogP contribution in [0.15, 0.2) is 22.7 Å². The number of hydrogen-bond donors (Lipinski definition) is 1. The minimum atomic E-state index is 0.419. The lowest BCUT2D eigenvalue weighted by Crippen LogP contribution is -2.17. The van der Waals surface area contributed by atoms with E-state index in [0.29, 0.717) is 17.9 Å². The number of pyridine rings is 1. The van der Waals surface area contributed by atoms with Crippen molar-refractivity contribution in [1.29, 1.82) is 0 Å². The SMILES string of the molecule is COc1cccnc1N[C@H]1CC[C@@H](Cc2nnc(C)o2)C1. The van der Waals surface area contributed by atoms with Crippen molar-refractivity contribution in [3.05, 3.63) is 30.1 Å². The molecule has 2 atom stereocenters. The number of aryl methyl sites for hydroxylation is 1. The largest absolute Gasteiger partial charge is 0.493 e. The van der Waals surface area contributed by atoms with E-state index in [-0.39, 0.29) is 0 Å². The third kappa shape index (κ3) is 3.32. The van der Waals surface area contributed by atoms with E-state index in [1.807, 2.05) is 19.1 Å². The Morgan fingerprint density at radius 1 is 1.38 bits per heavy atom. The Hall–Kier alpha value is -2.11. The molecule has 0 bridgehead atoms. The molecule has 2 heterocycles. The second-order valence-electron chi connectivity index (χ2n) is 5.49. The fourth-order valence-electron chi connectivity index (χ4n) is 2.92. The van der Waals surface area contributed by atoms with Gasteiger partial charge in [-0.25, -0.2) is 4.98 Å². The zero-order valence-corrected chi connectivity index (χ0v) is 12.4. The second kappa shape index (κ2) is 6.11. The predicted molar refractivity (Wildman–Crippen MR) is 78.3 cm³/mol. The van der Waals surface area contributed by atoms with Gasteiger partial charge in [0.1, 0.15) is 0 Å². The summed E-state index contributed by atoms with van der Waals surface area (Å²) in [7, 11) is 1.66. The molecule has 1 aliphatic carbocycles. The molecule has 112 valence electrons. The van der Waals surface area contributed by atoms with E-state index >= 15 is 0 Å². The van der Waals surface area contributed by atoms with Crippen LogP contribution in [0, 0.1) is 12.8 Å². The first kappa shape index (κ1) is 13.9. The molecule has 0 aromatic carbocycles. The third-order valence-corrected chi connectivity index (χ3v) is 3.90. The van der Waals surface area contributed by atoms with Crippen molar-refractivity contribution in [2.45, 2.75) is 38.6 Å². The summed E-state index contributed by atoms with van der Waals surface area (Å²) in [5.74, 6) is 3.56. The van der Waals surface area contributed by atoms with Crippen LogP contribution in [0.3, 0.4) is 0 Å². The number of nitrogens with zero attached hydrogens (tertiary/aromatic N) is 3. The number of nitrogens with one attached hydrogen (secondary N) is 1. The van der Waals surface area contributed by atoms with Gasteiger partial charge in [0, 0.05) is 25.6 Å². The molecule has 0 radical (unpaired) electrons. The Kier molecular flexibility index (Phi) is 4.03. The van der Waals surface area contributed by atoms with Crippen LogP contribution in [0.4, 0.5) is 5.82 Å². The maximum Gasteiger partial charge on any atom is 0.216 e. The van der Waals surface area contributed by atoms with Gasteiger partial charge in [0.05, 0.1) is 7.11 Å². The molecule has 1 N–H and O–H groups in total. The highest BCUT2D eigenvalue weighted by atomic mass is 16.5. The highest BCUT2D eigenvalue weighted by molar-refractivity contribution is 5.50. The van der Waals surface area contributed by atoms with Gasteiger partial charge in [-0.2, -0.15) is 0 Å². The van der Waals surface area contributed by atoms with Crippen molar-refractivity contribution in [2.75, 3.05) is 12.4 Å². The predicted octanol–water partition coefficient (Wildman–Crippen LogP) is 2.60. The average molecular weight is 288 g/mol. The van der Waals surface area contributed by atoms with E-state index < -0.39 is 0 Å². The molecule has 0 unspecified atom stereocenters. The molecule has 21 heavy (non-hydrogen) atoms. The van der Waals surface area contributed by atoms with E-state index in [4.69, 9.17) is 9.15 Å². The monoisotopic (exact) mass is 288 g/mol. The van der Waals surface area contributed by atoms with Gasteiger partial charge in [-0.3, -0.25) is 0 Å². The quantitative estimate of drug-likeness (QED) is 0.911. The van der Waals surface area contributed by atoms with E-state index in [1.165, 1.54) is 0 Å². The topological polar surface area (TPSA) is 73.1 Å². The number of hydrogen-bond acceptors (Lipinski definition) is 6. The lowest BCUT2D eigenvalue weighted by atomic mass is 10.0. The van der Waals surface area contributed by atoms with Crippen LogP contribution < -0.4 is 10.1 Å². The van der Waals surface area contributed by atoms with Crippen molar-refractivity contribution >= 4 is 5.82 Å². The number of aromatic nitrogens is 3. The molecule has 3 rings (SSSR count). The Morgan fingerprint density at radius 3 is 3.05 bits per heavy atom. The van der Waals surface area contributed by atoms with Gasteiger partial charge in [-0.15, -0.1) is 10.2 Å². The Labute approximate surface area is 123 Å². The molecule has 0 spiro atoms. The van der Waals surface area contributed by atoms with Crippen LogP contribution in [0.2, 0.25) is 0 Å². The van der Waals surface area contributed by atoms with Crippen molar-refractivity contribution in [3.8, 4) is 5.75 Å². The van der Waals surface area contributed by atoms with E-state index in [9.17, 15) is 0 Å². The van der Waals surface area contributed by atoms with Crippen molar-refractivity contribution in [1.82, 2.24) is 15.2 Å². The van der Waals surface area contributed by atoms with Gasteiger partial charge in [-0.05, 0) is 37.3 Å². The molecule has 1 saturated carbocycles. The van der Waals surface area contributed by atoms with Crippen molar-refractivity contribution in [2.24, 2.45) is 5.92 Å². The number of methoxy groups -OCH3 is 1. The lowest BCUT2D eigenvalue weighted by Gasteiger charge is -2.15. The first-order chi connectivity index (χ1) is 10.2. The second-order valence-corrected chi connectivity index (χ2v) is 5.49. The maximum absolute atomic E-state index is 5.46. The molecule has 2 aromatic rings. The fourth-order valence-corrected chi connectivity index (χ4v) is 2.92. The maximum atomic E-state index is 5.46. The highest BCUT2D eigenvalue weighted by Crippen LogP contribution is 2.32. The van der Waals surface area contributed by atoms with Crippen molar-refractivity contribution in [3.63, 3.8) is 0 Å². The Bertz CT molecular complexity index is 599. The van der Waals surface area contributed by atoms with Gasteiger partial charge in [0.25, 0.3) is 0 Å². The van der Waals surface area contributed by atoms with Crippen LogP contribution >= 0.6 is 0 Å². The van der Waals surface area contributed by atoms with Crippen LogP contribution in [0.1, 0.15) is 31.0 Å². The molecular weight excluding hydrogens is 268 g/mol. The lowest BCUT2D eigenvalue weighted by molar-refractivity contribution is 0.412. The molecule has 6 heteroatoms. The summed E-state index contributed by atoms with van der Waals surface area (Å²) >= 11 is 0. The summed E-state index contributed by atoms with van der Waals surface area (Å²) in [5.41, 5.74) is 0. The van der Waals surface area contributed by atoms with E-state index in [2.05, 4.69) is 20.5 Å². The Balaban J connectivity index is 1.57. The summed E-state index contributed by atoms with van der Waals surface area (Å²) in [4.78, 5) is 4.35. The van der Waals surface area contributed by atoms with Gasteiger partial charge in [-0.1, -0.05) is 0 Å². The zero-order valence-electron chi connectivity index (χ0n) is 12.4. The molecule has 0 amide bonds. The molecule has 2 aromatic heterocycles. The molecule has 1 aliphatic rings. The van der Waals surface area contributed by atoms with Crippen LogP contribution in [-0.2, 0) is 6.42 Å². The van der Waals surface area contributed by atoms with Crippen LogP contribution in [0.5, 0.6) is 5.75 Å². The highest BCUT2D eigenvalue weighted by Gasteiger charge is 2.27. The fraction of sp³-hybridized carbons (Fsp3) is 0.533. The number of ether oxygens (including phenoxy) is 1. The van der Waals surface area contributed by atoms with E-state index in [0.717, 1.165) is 43.1 Å². The standard InChI is InChI=1S/C15H20N4O2/c1-10-18-19-14(21-10)9-11-5-6-12(8-11)17-15-13(20-2)4-3-7-16-15/h3-4,7,11-12H,5-6,8-9H2,1-2H3,(H,16,17)/t11-,12+/m1/s1. The average Bonchev–Trinajstić information content (AvgIpc) is 3.09. The summed E-state index contributed by atoms with van der Waals surface area (Å²) in [5, 5.41) is 11.4. The molecule has 6 nitrogen and oxygen atoms in total. The third-order valence-electron chi connectivity index (χ3n) is 3.90. The van der Waals surface area contributed by atoms with Gasteiger partial charge >= 0.3 is 0 Å². The zero-order chi connectivity index (χ0) is 14.7. The number of anilines is 1. The summed E-state index contributed by atoms with van der Waals surface area (Å²) in [6, 6.07) is 4.21.